The Balaban J connectivity index is 0.000000348. The molecule has 2 aromatic heterocycles. The van der Waals surface area contributed by atoms with Crippen molar-refractivity contribution >= 4 is 20.0 Å². The van der Waals surface area contributed by atoms with E-state index in [1.54, 1.807) is 39.1 Å². The molecule has 2 aromatic carbocycles. The van der Waals surface area contributed by atoms with Crippen molar-refractivity contribution in [3.05, 3.63) is 83.2 Å². The second kappa shape index (κ2) is 17.0. The van der Waals surface area contributed by atoms with Crippen LogP contribution in [0.5, 0.6) is 11.5 Å². The highest BCUT2D eigenvalue weighted by atomic mass is 32.2. The van der Waals surface area contributed by atoms with Crippen LogP contribution in [0.4, 0.5) is 0 Å². The van der Waals surface area contributed by atoms with Gasteiger partial charge in [0.05, 0.1) is 25.6 Å². The fourth-order valence-corrected chi connectivity index (χ4v) is 6.47. The minimum absolute atomic E-state index is 0.0477. The Kier molecular flexibility index (Phi) is 13.7. The molecule has 2 heterocycles. The normalized spacial score (nSPS) is 12.0. The van der Waals surface area contributed by atoms with E-state index in [0.717, 1.165) is 47.1 Å². The first kappa shape index (κ1) is 38.6. The van der Waals surface area contributed by atoms with Crippen LogP contribution >= 0.6 is 0 Å². The third-order valence-electron chi connectivity index (χ3n) is 7.78. The molecule has 0 fully saturated rings. The summed E-state index contributed by atoms with van der Waals surface area (Å²) in [6.07, 6.45) is 0. The van der Waals surface area contributed by atoms with E-state index in [4.69, 9.17) is 14.6 Å². The molecule has 0 spiro atoms. The Bertz CT molecular complexity index is 1770. The van der Waals surface area contributed by atoms with Gasteiger partial charge in [-0.15, -0.1) is 0 Å². The molecule has 0 aliphatic heterocycles. The van der Waals surface area contributed by atoms with Crippen LogP contribution in [-0.4, -0.2) is 91.9 Å². The predicted octanol–water partition coefficient (Wildman–Crippen LogP) is 2.80. The van der Waals surface area contributed by atoms with Gasteiger partial charge in [0, 0.05) is 52.4 Å². The molecule has 0 unspecified atom stereocenters. The molecule has 0 radical (unpaired) electrons. The number of primary sulfonamides is 1. The number of aromatic nitrogens is 4. The van der Waals surface area contributed by atoms with E-state index in [2.05, 4.69) is 22.0 Å². The Morgan fingerprint density at radius 3 is 1.38 bits per heavy atom. The fourth-order valence-electron chi connectivity index (χ4n) is 4.52. The van der Waals surface area contributed by atoms with Gasteiger partial charge in [-0.2, -0.15) is 14.5 Å². The van der Waals surface area contributed by atoms with E-state index in [-0.39, 0.29) is 23.1 Å². The minimum atomic E-state index is -3.85. The first-order valence-electron chi connectivity index (χ1n) is 15.3. The first-order chi connectivity index (χ1) is 22.6. The van der Waals surface area contributed by atoms with Crippen LogP contribution in [0.25, 0.3) is 0 Å². The van der Waals surface area contributed by atoms with Crippen LogP contribution in [0.1, 0.15) is 36.4 Å². The van der Waals surface area contributed by atoms with Crippen LogP contribution < -0.4 is 14.6 Å². The summed E-state index contributed by atoms with van der Waals surface area (Å²) in [5, 5.41) is 13.1. The average molecular weight is 705 g/mol. The zero-order valence-corrected chi connectivity index (χ0v) is 30.6. The first-order valence-corrected chi connectivity index (χ1v) is 18.3. The lowest BCUT2D eigenvalue weighted by Gasteiger charge is -2.21. The van der Waals surface area contributed by atoms with Gasteiger partial charge in [-0.3, -0.25) is 9.36 Å². The summed E-state index contributed by atoms with van der Waals surface area (Å²) in [6.45, 7) is 7.50. The molecule has 4 aromatic rings. The van der Waals surface area contributed by atoms with E-state index in [0.29, 0.717) is 13.1 Å². The molecule has 0 aliphatic rings. The number of methoxy groups -OCH3 is 2. The lowest BCUT2D eigenvalue weighted by Crippen LogP contribution is -2.30. The number of hydrogen-bond acceptors (Lipinski definition) is 10. The summed E-state index contributed by atoms with van der Waals surface area (Å²) in [5.74, 6) is 1.44. The molecule has 0 bridgehead atoms. The van der Waals surface area contributed by atoms with Crippen molar-refractivity contribution < 1.29 is 26.3 Å². The quantitative estimate of drug-likeness (QED) is 0.195. The predicted molar refractivity (Wildman–Crippen MR) is 184 cm³/mol. The van der Waals surface area contributed by atoms with Gasteiger partial charge >= 0.3 is 0 Å². The molecule has 0 saturated carbocycles. The number of nitrogens with zero attached hydrogens (tertiary/aromatic N) is 7. The van der Waals surface area contributed by atoms with Crippen LogP contribution in [0.2, 0.25) is 0 Å². The maximum absolute atomic E-state index is 13.7. The lowest BCUT2D eigenvalue weighted by molar-refractivity contribution is 0.335. The monoisotopic (exact) mass is 704 g/mol. The second-order valence-corrected chi connectivity index (χ2v) is 14.8. The van der Waals surface area contributed by atoms with Gasteiger partial charge in [0.2, 0.25) is 0 Å². The van der Waals surface area contributed by atoms with E-state index in [1.165, 1.54) is 15.1 Å². The zero-order chi connectivity index (χ0) is 35.6. The molecule has 16 heteroatoms. The van der Waals surface area contributed by atoms with Crippen molar-refractivity contribution in [2.75, 3.05) is 41.4 Å². The van der Waals surface area contributed by atoms with E-state index >= 15 is 0 Å². The van der Waals surface area contributed by atoms with Gasteiger partial charge in [-0.05, 0) is 62.6 Å². The number of sulfonamides is 2. The van der Waals surface area contributed by atoms with Crippen molar-refractivity contribution in [2.24, 2.45) is 19.2 Å². The number of aryl methyl sites for hydroxylation is 2. The SMILES string of the molecule is CCN(C)Cc1cc(S(=O)(=O)N(Cc2ccc(OC)cc2)Cc2ccc(OC)cc2)nn1C.CCN(C)Cc1cc(S(N)(=O)=O)nn1C. The average Bonchev–Trinajstić information content (AvgIpc) is 3.63. The fraction of sp³-hybridized carbons (Fsp3) is 0.438. The van der Waals surface area contributed by atoms with Gasteiger partial charge in [0.25, 0.3) is 20.0 Å². The second-order valence-electron chi connectivity index (χ2n) is 11.4. The Hall–Kier alpha value is -3.80. The maximum Gasteiger partial charge on any atom is 0.262 e. The van der Waals surface area contributed by atoms with E-state index < -0.39 is 20.0 Å². The number of hydrogen-bond donors (Lipinski definition) is 1. The Labute approximate surface area is 284 Å². The highest BCUT2D eigenvalue weighted by Crippen LogP contribution is 2.23. The van der Waals surface area contributed by atoms with E-state index in [9.17, 15) is 16.8 Å². The third kappa shape index (κ3) is 10.6. The lowest BCUT2D eigenvalue weighted by atomic mass is 10.2. The number of benzene rings is 2. The summed E-state index contributed by atoms with van der Waals surface area (Å²) in [6, 6.07) is 18.0. The summed E-state index contributed by atoms with van der Waals surface area (Å²) in [5.41, 5.74) is 3.37. The topological polar surface area (TPSA) is 158 Å². The molecule has 4 rings (SSSR count). The van der Waals surface area contributed by atoms with Crippen molar-refractivity contribution in [1.82, 2.24) is 33.7 Å². The maximum atomic E-state index is 13.7. The van der Waals surface area contributed by atoms with Crippen LogP contribution in [0, 0.1) is 0 Å². The molecule has 2 N–H and O–H groups in total. The number of ether oxygens (including phenoxy) is 2. The molecular formula is C32H48N8O6S2. The number of rotatable bonds is 15. The summed E-state index contributed by atoms with van der Waals surface area (Å²) in [7, 11) is 3.06. The largest absolute Gasteiger partial charge is 0.497 e. The van der Waals surface area contributed by atoms with Crippen LogP contribution in [0.15, 0.2) is 70.7 Å². The molecule has 264 valence electrons. The molecule has 14 nitrogen and oxygen atoms in total. The summed E-state index contributed by atoms with van der Waals surface area (Å²) < 4.78 is 64.5. The summed E-state index contributed by atoms with van der Waals surface area (Å²) in [4.78, 5) is 4.14. The van der Waals surface area contributed by atoms with Crippen LogP contribution in [-0.2, 0) is 60.3 Å². The van der Waals surface area contributed by atoms with Gasteiger partial charge in [-0.25, -0.2) is 22.0 Å². The van der Waals surface area contributed by atoms with Crippen molar-refractivity contribution in [1.29, 1.82) is 0 Å². The highest BCUT2D eigenvalue weighted by molar-refractivity contribution is 7.89. The van der Waals surface area contributed by atoms with Crippen molar-refractivity contribution in [3.8, 4) is 11.5 Å². The van der Waals surface area contributed by atoms with Crippen molar-refractivity contribution in [2.45, 2.75) is 50.1 Å². The Morgan fingerprint density at radius 1 is 0.667 bits per heavy atom. The van der Waals surface area contributed by atoms with Crippen LogP contribution in [0.3, 0.4) is 0 Å². The third-order valence-corrected chi connectivity index (χ3v) is 10.2. The van der Waals surface area contributed by atoms with Gasteiger partial charge in [0.15, 0.2) is 10.1 Å². The number of nitrogens with two attached hydrogens (primary N) is 1. The smallest absolute Gasteiger partial charge is 0.262 e. The van der Waals surface area contributed by atoms with Crippen molar-refractivity contribution in [3.63, 3.8) is 0 Å². The highest BCUT2D eigenvalue weighted by Gasteiger charge is 2.29. The molecule has 48 heavy (non-hydrogen) atoms. The molecule has 0 aliphatic carbocycles. The molecular weight excluding hydrogens is 657 g/mol. The molecule has 0 amide bonds. The summed E-state index contributed by atoms with van der Waals surface area (Å²) >= 11 is 0. The van der Waals surface area contributed by atoms with Gasteiger partial charge in [-0.1, -0.05) is 38.1 Å². The Morgan fingerprint density at radius 2 is 1.04 bits per heavy atom. The van der Waals surface area contributed by atoms with E-state index in [1.807, 2.05) is 74.4 Å². The van der Waals surface area contributed by atoms with Gasteiger partial charge < -0.3 is 19.3 Å². The van der Waals surface area contributed by atoms with Gasteiger partial charge in [0.1, 0.15) is 11.5 Å². The minimum Gasteiger partial charge on any atom is -0.497 e. The standard InChI is InChI=1S/C24H32N4O4S.C8H16N4O2S/c1-6-26(2)18-21-15-24(25-27(21)3)33(29,30)28(16-19-7-11-22(31-4)12-8-19)17-20-9-13-23(32-5)14-10-20;1-4-11(2)6-7-5-8(10-12(7)3)15(9,13)14/h7-15H,6,16-18H2,1-5H3;5H,4,6H2,1-3H3,(H2,9,13,14). The molecule has 0 atom stereocenters. The molecule has 0 saturated heterocycles. The zero-order valence-electron chi connectivity index (χ0n) is 29.0.